The number of carbonyl (C=O) groups is 2. The number of likely N-dealkylation sites (tertiary alicyclic amines) is 1. The maximum atomic E-state index is 12.4. The highest BCUT2D eigenvalue weighted by Gasteiger charge is 2.28. The van der Waals surface area contributed by atoms with Gasteiger partial charge in [0.25, 0.3) is 5.91 Å². The van der Waals surface area contributed by atoms with E-state index in [-0.39, 0.29) is 11.9 Å². The van der Waals surface area contributed by atoms with Crippen molar-refractivity contribution in [2.45, 2.75) is 25.4 Å². The lowest BCUT2D eigenvalue weighted by atomic mass is 10.1. The Kier molecular flexibility index (Phi) is 6.38. The topological polar surface area (TPSA) is 163 Å². The fourth-order valence-corrected chi connectivity index (χ4v) is 4.54. The third-order valence-electron chi connectivity index (χ3n) is 6.49. The molecule has 1 aliphatic heterocycles. The minimum atomic E-state index is -0.947. The van der Waals surface area contributed by atoms with Gasteiger partial charge in [-0.05, 0) is 42.7 Å². The summed E-state index contributed by atoms with van der Waals surface area (Å²) in [6.07, 6.45) is 1.95. The number of carboxylic acid groups (broad SMARTS) is 1. The minimum absolute atomic E-state index is 0.160. The summed E-state index contributed by atoms with van der Waals surface area (Å²) in [5.74, 6) is 0.0713. The lowest BCUT2D eigenvalue weighted by Gasteiger charge is -2.30. The molecule has 2 aromatic heterocycles. The van der Waals surface area contributed by atoms with Crippen molar-refractivity contribution in [3.8, 4) is 17.3 Å². The molecular weight excluding hydrogens is 472 g/mol. The predicted octanol–water partition coefficient (Wildman–Crippen LogP) is 3.19. The second-order valence-corrected chi connectivity index (χ2v) is 8.84. The maximum Gasteiger partial charge on any atom is 0.407 e. The Hall–Kier alpha value is -4.98. The van der Waals surface area contributed by atoms with Gasteiger partial charge in [-0.25, -0.2) is 19.4 Å². The third-order valence-corrected chi connectivity index (χ3v) is 6.49. The Bertz CT molecular complexity index is 1510. The molecular formula is C26H24N8O3. The summed E-state index contributed by atoms with van der Waals surface area (Å²) in [5.41, 5.74) is 10.1. The van der Waals surface area contributed by atoms with Crippen LogP contribution in [0.5, 0.6) is 0 Å². The van der Waals surface area contributed by atoms with E-state index < -0.39 is 6.09 Å². The highest BCUT2D eigenvalue weighted by Crippen LogP contribution is 2.33. The van der Waals surface area contributed by atoms with Gasteiger partial charge in [0.1, 0.15) is 17.8 Å². The van der Waals surface area contributed by atoms with E-state index in [9.17, 15) is 14.7 Å². The van der Waals surface area contributed by atoms with Gasteiger partial charge in [0.2, 0.25) is 0 Å². The summed E-state index contributed by atoms with van der Waals surface area (Å²) >= 11 is 0. The van der Waals surface area contributed by atoms with Gasteiger partial charge < -0.3 is 21.1 Å². The number of hydrogen-bond acceptors (Lipinski definition) is 7. The number of nitrogens with zero attached hydrogens (tertiary/aromatic N) is 6. The van der Waals surface area contributed by atoms with E-state index in [2.05, 4.69) is 15.3 Å². The monoisotopic (exact) mass is 496 g/mol. The Morgan fingerprint density at radius 1 is 1.14 bits per heavy atom. The lowest BCUT2D eigenvalue weighted by molar-refractivity contribution is 0.0950. The van der Waals surface area contributed by atoms with E-state index in [0.717, 1.165) is 24.0 Å². The van der Waals surface area contributed by atoms with Gasteiger partial charge in [-0.2, -0.15) is 10.4 Å². The van der Waals surface area contributed by atoms with Crippen molar-refractivity contribution in [1.29, 1.82) is 5.26 Å². The standard InChI is InChI=1S/C26H24N8O3/c27-12-16-3-9-19(10-4-16)25(35)29-13-17-5-7-18(8-6-17)22-21-23(28)30-15-31-24(21)34(32-22)20-2-1-11-33(14-20)26(36)37/h3-10,15,20H,1-2,11,13-14H2,(H,29,35)(H,36,37)(H2,28,30,31)/t20-/m1/s1. The largest absolute Gasteiger partial charge is 0.465 e. The molecule has 4 N–H and O–H groups in total. The van der Waals surface area contributed by atoms with Crippen LogP contribution in [0.15, 0.2) is 54.9 Å². The minimum Gasteiger partial charge on any atom is -0.465 e. The van der Waals surface area contributed by atoms with Crippen LogP contribution in [0.1, 0.15) is 40.4 Å². The molecule has 1 fully saturated rings. The molecule has 1 atom stereocenters. The molecule has 0 spiro atoms. The lowest BCUT2D eigenvalue weighted by Crippen LogP contribution is -2.40. The highest BCUT2D eigenvalue weighted by atomic mass is 16.4. The average Bonchev–Trinajstić information content (AvgIpc) is 3.33. The van der Waals surface area contributed by atoms with Crippen LogP contribution in [-0.4, -0.2) is 54.8 Å². The van der Waals surface area contributed by atoms with Crippen LogP contribution in [0, 0.1) is 11.3 Å². The van der Waals surface area contributed by atoms with Gasteiger partial charge in [0, 0.05) is 30.8 Å². The first-order valence-electron chi connectivity index (χ1n) is 11.8. The number of fused-ring (bicyclic) bond motifs is 1. The molecule has 37 heavy (non-hydrogen) atoms. The number of aromatic nitrogens is 4. The summed E-state index contributed by atoms with van der Waals surface area (Å²) in [7, 11) is 0. The number of hydrogen-bond donors (Lipinski definition) is 3. The van der Waals surface area contributed by atoms with Crippen LogP contribution in [0.25, 0.3) is 22.3 Å². The van der Waals surface area contributed by atoms with Crippen LogP contribution < -0.4 is 11.1 Å². The molecule has 3 heterocycles. The molecule has 11 nitrogen and oxygen atoms in total. The highest BCUT2D eigenvalue weighted by molar-refractivity contribution is 5.98. The fraction of sp³-hybridized carbons (Fsp3) is 0.231. The van der Waals surface area contributed by atoms with Crippen LogP contribution in [0.3, 0.4) is 0 Å². The zero-order chi connectivity index (χ0) is 25.9. The maximum absolute atomic E-state index is 12.4. The predicted molar refractivity (Wildman–Crippen MR) is 135 cm³/mol. The zero-order valence-corrected chi connectivity index (χ0v) is 19.8. The molecule has 11 heteroatoms. The van der Waals surface area contributed by atoms with E-state index in [1.807, 2.05) is 30.3 Å². The summed E-state index contributed by atoms with van der Waals surface area (Å²) in [4.78, 5) is 33.9. The number of nitriles is 1. The molecule has 5 rings (SSSR count). The number of nitrogens with two attached hydrogens (primary N) is 1. The SMILES string of the molecule is N#Cc1ccc(C(=O)NCc2ccc(-c3nn([C@@H]4CCCN(C(=O)O)C4)c4ncnc(N)c34)cc2)cc1. The Labute approximate surface area is 212 Å². The molecule has 2 amide bonds. The molecule has 0 radical (unpaired) electrons. The molecule has 0 aliphatic carbocycles. The Morgan fingerprint density at radius 3 is 2.59 bits per heavy atom. The summed E-state index contributed by atoms with van der Waals surface area (Å²) in [6.45, 7) is 1.15. The van der Waals surface area contributed by atoms with Gasteiger partial charge >= 0.3 is 6.09 Å². The van der Waals surface area contributed by atoms with Crippen LogP contribution in [0.2, 0.25) is 0 Å². The van der Waals surface area contributed by atoms with Gasteiger partial charge in [0.05, 0.1) is 23.1 Å². The molecule has 186 valence electrons. The van der Waals surface area contributed by atoms with Crippen molar-refractivity contribution in [2.75, 3.05) is 18.8 Å². The second kappa shape index (κ2) is 9.94. The van der Waals surface area contributed by atoms with Crippen molar-refractivity contribution in [3.63, 3.8) is 0 Å². The van der Waals surface area contributed by atoms with Crippen molar-refractivity contribution in [2.24, 2.45) is 0 Å². The number of nitrogens with one attached hydrogen (secondary N) is 1. The second-order valence-electron chi connectivity index (χ2n) is 8.84. The summed E-state index contributed by atoms with van der Waals surface area (Å²) in [5, 5.41) is 26.7. The number of anilines is 1. The normalized spacial score (nSPS) is 15.3. The summed E-state index contributed by atoms with van der Waals surface area (Å²) in [6, 6.07) is 15.9. The van der Waals surface area contributed by atoms with E-state index in [0.29, 0.717) is 53.3 Å². The van der Waals surface area contributed by atoms with E-state index in [1.165, 1.54) is 11.2 Å². The van der Waals surface area contributed by atoms with Gasteiger partial charge in [-0.3, -0.25) is 4.79 Å². The zero-order valence-electron chi connectivity index (χ0n) is 19.8. The summed E-state index contributed by atoms with van der Waals surface area (Å²) < 4.78 is 1.77. The first kappa shape index (κ1) is 23.7. The van der Waals surface area contributed by atoms with Gasteiger partial charge in [0.15, 0.2) is 5.65 Å². The fourth-order valence-electron chi connectivity index (χ4n) is 4.54. The van der Waals surface area contributed by atoms with Crippen LogP contribution in [0.4, 0.5) is 10.6 Å². The molecule has 1 saturated heterocycles. The van der Waals surface area contributed by atoms with Crippen molar-refractivity contribution in [3.05, 3.63) is 71.5 Å². The van der Waals surface area contributed by atoms with Gasteiger partial charge in [-0.15, -0.1) is 0 Å². The quantitative estimate of drug-likeness (QED) is 0.379. The Morgan fingerprint density at radius 2 is 1.89 bits per heavy atom. The van der Waals surface area contributed by atoms with Crippen molar-refractivity contribution < 1.29 is 14.7 Å². The smallest absolute Gasteiger partial charge is 0.407 e. The first-order chi connectivity index (χ1) is 17.9. The van der Waals surface area contributed by atoms with E-state index in [1.54, 1.807) is 28.9 Å². The third kappa shape index (κ3) is 4.77. The van der Waals surface area contributed by atoms with E-state index in [4.69, 9.17) is 16.1 Å². The van der Waals surface area contributed by atoms with E-state index >= 15 is 0 Å². The molecule has 1 aliphatic rings. The number of rotatable bonds is 5. The number of amides is 2. The molecule has 0 bridgehead atoms. The molecule has 2 aromatic carbocycles. The average molecular weight is 497 g/mol. The van der Waals surface area contributed by atoms with Crippen molar-refractivity contribution in [1.82, 2.24) is 30.0 Å². The van der Waals surface area contributed by atoms with Crippen molar-refractivity contribution >= 4 is 28.9 Å². The number of carbonyl (C=O) groups excluding carboxylic acids is 1. The van der Waals surface area contributed by atoms with Crippen LogP contribution >= 0.6 is 0 Å². The molecule has 0 unspecified atom stereocenters. The Balaban J connectivity index is 1.37. The molecule has 0 saturated carbocycles. The number of benzene rings is 2. The molecule has 4 aromatic rings. The van der Waals surface area contributed by atoms with Crippen LogP contribution in [-0.2, 0) is 6.54 Å². The number of piperidine rings is 1. The van der Waals surface area contributed by atoms with Gasteiger partial charge in [-0.1, -0.05) is 24.3 Å². The number of nitrogen functional groups attached to an aromatic ring is 1. The first-order valence-corrected chi connectivity index (χ1v) is 11.8.